The molecule has 0 aliphatic heterocycles. The van der Waals surface area contributed by atoms with E-state index < -0.39 is 9.17 Å². The molecule has 4 heteroatoms. The van der Waals surface area contributed by atoms with Crippen LogP contribution in [0.1, 0.15) is 0 Å². The lowest BCUT2D eigenvalue weighted by Gasteiger charge is -2.07. The van der Waals surface area contributed by atoms with Crippen LogP contribution in [0.15, 0.2) is 54.6 Å². The minimum Gasteiger partial charge on any atom is -0.511 e. The molecule has 0 aliphatic rings. The summed E-state index contributed by atoms with van der Waals surface area (Å²) in [5, 5.41) is 4.12. The minimum atomic E-state index is -2.98. The minimum absolute atomic E-state index is 0.449. The lowest BCUT2D eigenvalue weighted by molar-refractivity contribution is 0.340. The van der Waals surface area contributed by atoms with E-state index in [1.165, 1.54) is 0 Å². The van der Waals surface area contributed by atoms with Crippen molar-refractivity contribution in [3.63, 3.8) is 0 Å². The van der Waals surface area contributed by atoms with E-state index in [1.807, 2.05) is 48.5 Å². The fourth-order valence-electron chi connectivity index (χ4n) is 2.19. The standard InChI is InChI=1S/C14H10O3Si/c15-18(16)17-14-7-3-6-12-11-5-2-1-4-10(11)8-9-13(12)14/h1-9,15H. The first-order chi connectivity index (χ1) is 8.75. The first-order valence-electron chi connectivity index (χ1n) is 5.57. The van der Waals surface area contributed by atoms with Gasteiger partial charge < -0.3 is 9.22 Å². The van der Waals surface area contributed by atoms with Gasteiger partial charge >= 0.3 is 9.17 Å². The van der Waals surface area contributed by atoms with Gasteiger partial charge in [0, 0.05) is 5.39 Å². The molecular weight excluding hydrogens is 244 g/mol. The van der Waals surface area contributed by atoms with Crippen LogP contribution in [-0.4, -0.2) is 14.0 Å². The second-order valence-corrected chi connectivity index (χ2v) is 4.74. The van der Waals surface area contributed by atoms with Gasteiger partial charge in [-0.15, -0.1) is 0 Å². The number of fused-ring (bicyclic) bond motifs is 3. The lowest BCUT2D eigenvalue weighted by atomic mass is 10.0. The fraction of sp³-hybridized carbons (Fsp3) is 0. The van der Waals surface area contributed by atoms with E-state index in [4.69, 9.17) is 9.22 Å². The third-order valence-electron chi connectivity index (χ3n) is 2.94. The molecule has 88 valence electrons. The highest BCUT2D eigenvalue weighted by atomic mass is 28.3. The van der Waals surface area contributed by atoms with E-state index in [0.717, 1.165) is 21.5 Å². The Labute approximate surface area is 105 Å². The first-order valence-corrected chi connectivity index (χ1v) is 6.83. The molecule has 18 heavy (non-hydrogen) atoms. The molecule has 0 aliphatic carbocycles. The van der Waals surface area contributed by atoms with Crippen molar-refractivity contribution >= 4 is 30.7 Å². The maximum absolute atomic E-state index is 10.8. The summed E-state index contributed by atoms with van der Waals surface area (Å²) < 4.78 is 15.8. The van der Waals surface area contributed by atoms with Gasteiger partial charge in [0.2, 0.25) is 0 Å². The van der Waals surface area contributed by atoms with Crippen LogP contribution in [0.5, 0.6) is 5.75 Å². The molecule has 0 saturated carbocycles. The maximum Gasteiger partial charge on any atom is 0.770 e. The van der Waals surface area contributed by atoms with E-state index >= 15 is 0 Å². The molecule has 3 rings (SSSR count). The number of hydrogen-bond acceptors (Lipinski definition) is 2. The largest absolute Gasteiger partial charge is 0.770 e. The monoisotopic (exact) mass is 254 g/mol. The van der Waals surface area contributed by atoms with E-state index in [9.17, 15) is 4.46 Å². The van der Waals surface area contributed by atoms with Crippen molar-refractivity contribution in [3.05, 3.63) is 54.6 Å². The predicted octanol–water partition coefficient (Wildman–Crippen LogP) is 2.78. The molecule has 3 aromatic rings. The van der Waals surface area contributed by atoms with Gasteiger partial charge in [-0.3, -0.25) is 4.46 Å². The Morgan fingerprint density at radius 1 is 0.833 bits per heavy atom. The predicted molar refractivity (Wildman–Crippen MR) is 70.7 cm³/mol. The molecule has 0 spiro atoms. The Balaban J connectivity index is 2.36. The van der Waals surface area contributed by atoms with Crippen LogP contribution in [0.25, 0.3) is 21.5 Å². The normalized spacial score (nSPS) is 10.7. The summed E-state index contributed by atoms with van der Waals surface area (Å²) in [7, 11) is -2.98. The fourth-order valence-corrected chi connectivity index (χ4v) is 2.56. The van der Waals surface area contributed by atoms with Crippen LogP contribution in [-0.2, 0) is 4.46 Å². The Morgan fingerprint density at radius 2 is 1.61 bits per heavy atom. The number of rotatable bonds is 2. The second kappa shape index (κ2) is 4.23. The molecule has 1 N–H and O–H groups in total. The topological polar surface area (TPSA) is 46.5 Å². The Bertz CT molecular complexity index is 752. The summed E-state index contributed by atoms with van der Waals surface area (Å²) in [5.41, 5.74) is 0. The van der Waals surface area contributed by atoms with Crippen molar-refractivity contribution in [3.8, 4) is 5.75 Å². The molecule has 0 radical (unpaired) electrons. The van der Waals surface area contributed by atoms with Gasteiger partial charge in [-0.25, -0.2) is 0 Å². The zero-order chi connectivity index (χ0) is 12.5. The van der Waals surface area contributed by atoms with Gasteiger partial charge in [0.1, 0.15) is 5.75 Å². The van der Waals surface area contributed by atoms with Gasteiger partial charge in [-0.2, -0.15) is 0 Å². The quantitative estimate of drug-likeness (QED) is 0.565. The Kier molecular flexibility index (Phi) is 2.57. The van der Waals surface area contributed by atoms with Gasteiger partial charge in [0.05, 0.1) is 0 Å². The summed E-state index contributed by atoms with van der Waals surface area (Å²) in [4.78, 5) is 8.90. The van der Waals surface area contributed by atoms with Crippen molar-refractivity contribution in [2.24, 2.45) is 0 Å². The SMILES string of the molecule is O=[Si](O)Oc1cccc2c1ccc1ccccc12. The van der Waals surface area contributed by atoms with Crippen LogP contribution < -0.4 is 4.43 Å². The third-order valence-corrected chi connectivity index (χ3v) is 3.34. The molecule has 0 heterocycles. The third kappa shape index (κ3) is 1.76. The average molecular weight is 254 g/mol. The van der Waals surface area contributed by atoms with Gasteiger partial charge in [0.25, 0.3) is 0 Å². The summed E-state index contributed by atoms with van der Waals surface area (Å²) in [6, 6.07) is 17.5. The molecule has 0 fully saturated rings. The first kappa shape index (κ1) is 10.9. The molecule has 3 nitrogen and oxygen atoms in total. The van der Waals surface area contributed by atoms with Crippen molar-refractivity contribution < 1.29 is 13.7 Å². The summed E-state index contributed by atoms with van der Waals surface area (Å²) >= 11 is 0. The van der Waals surface area contributed by atoms with Crippen LogP contribution in [0.4, 0.5) is 0 Å². The summed E-state index contributed by atoms with van der Waals surface area (Å²) in [6.45, 7) is 0. The van der Waals surface area contributed by atoms with Crippen molar-refractivity contribution in [1.29, 1.82) is 0 Å². The summed E-state index contributed by atoms with van der Waals surface area (Å²) in [6.07, 6.45) is 0. The zero-order valence-electron chi connectivity index (χ0n) is 9.46. The second-order valence-electron chi connectivity index (χ2n) is 4.01. The smallest absolute Gasteiger partial charge is 0.511 e. The van der Waals surface area contributed by atoms with Crippen LogP contribution in [0, 0.1) is 0 Å². The molecule has 0 amide bonds. The molecule has 0 atom stereocenters. The molecule has 0 bridgehead atoms. The van der Waals surface area contributed by atoms with Crippen molar-refractivity contribution in [2.75, 3.05) is 0 Å². The molecule has 3 aromatic carbocycles. The van der Waals surface area contributed by atoms with E-state index in [-0.39, 0.29) is 0 Å². The van der Waals surface area contributed by atoms with Gasteiger partial charge in [0.15, 0.2) is 0 Å². The average Bonchev–Trinajstić information content (AvgIpc) is 2.38. The van der Waals surface area contributed by atoms with Crippen LogP contribution in [0.3, 0.4) is 0 Å². The highest BCUT2D eigenvalue weighted by Crippen LogP contribution is 2.31. The molecule has 0 saturated heterocycles. The molecule has 0 aromatic heterocycles. The van der Waals surface area contributed by atoms with Gasteiger partial charge in [-0.1, -0.05) is 48.5 Å². The summed E-state index contributed by atoms with van der Waals surface area (Å²) in [5.74, 6) is 0.449. The van der Waals surface area contributed by atoms with Crippen LogP contribution in [0.2, 0.25) is 0 Å². The van der Waals surface area contributed by atoms with E-state index in [1.54, 1.807) is 6.07 Å². The zero-order valence-corrected chi connectivity index (χ0v) is 10.5. The van der Waals surface area contributed by atoms with Crippen molar-refractivity contribution in [2.45, 2.75) is 0 Å². The molecular formula is C14H10O3Si. The van der Waals surface area contributed by atoms with Crippen molar-refractivity contribution in [1.82, 2.24) is 0 Å². The lowest BCUT2D eigenvalue weighted by Crippen LogP contribution is -2.08. The Morgan fingerprint density at radius 3 is 2.44 bits per heavy atom. The Hall–Kier alpha value is -2.20. The number of benzene rings is 3. The molecule has 0 unspecified atom stereocenters. The maximum atomic E-state index is 10.8. The highest BCUT2D eigenvalue weighted by Gasteiger charge is 2.10. The van der Waals surface area contributed by atoms with Gasteiger partial charge in [-0.05, 0) is 22.2 Å². The van der Waals surface area contributed by atoms with Crippen LogP contribution >= 0.6 is 0 Å². The number of hydrogen-bond donors (Lipinski definition) is 1. The highest BCUT2D eigenvalue weighted by molar-refractivity contribution is 6.26. The van der Waals surface area contributed by atoms with E-state index in [0.29, 0.717) is 5.75 Å². The van der Waals surface area contributed by atoms with E-state index in [2.05, 4.69) is 0 Å².